The monoisotopic (exact) mass is 398 g/mol. The van der Waals surface area contributed by atoms with Gasteiger partial charge in [-0.15, -0.1) is 0 Å². The van der Waals surface area contributed by atoms with Crippen LogP contribution in [0.3, 0.4) is 0 Å². The molecule has 0 saturated heterocycles. The summed E-state index contributed by atoms with van der Waals surface area (Å²) in [7, 11) is -7.30. The summed E-state index contributed by atoms with van der Waals surface area (Å²) in [6.45, 7) is -0.00544. The molecule has 26 heavy (non-hydrogen) atoms. The van der Waals surface area contributed by atoms with E-state index in [4.69, 9.17) is 8.37 Å². The molecule has 2 rings (SSSR count). The lowest BCUT2D eigenvalue weighted by Crippen LogP contribution is -2.12. The van der Waals surface area contributed by atoms with E-state index in [0.717, 1.165) is 0 Å². The number of rotatable bonds is 11. The van der Waals surface area contributed by atoms with Gasteiger partial charge in [0.15, 0.2) is 0 Å². The summed E-state index contributed by atoms with van der Waals surface area (Å²) < 4.78 is 57.2. The highest BCUT2D eigenvalue weighted by molar-refractivity contribution is 7.86. The van der Waals surface area contributed by atoms with Crippen molar-refractivity contribution in [2.24, 2.45) is 0 Å². The fourth-order valence-electron chi connectivity index (χ4n) is 2.22. The molecule has 0 amide bonds. The van der Waals surface area contributed by atoms with Gasteiger partial charge in [0.05, 0.1) is 13.2 Å². The average Bonchev–Trinajstić information content (AvgIpc) is 2.59. The standard InChI is InChI=1S/C18H22O6S2/c19-25(20,15-17-9-3-1-4-10-17)23-13-7-8-14-24-26(21,22)16-18-11-5-2-6-12-18/h1-6,9-12H,7-8,13-16H2. The van der Waals surface area contributed by atoms with Crippen LogP contribution in [-0.4, -0.2) is 30.0 Å². The predicted octanol–water partition coefficient (Wildman–Crippen LogP) is 2.86. The van der Waals surface area contributed by atoms with E-state index < -0.39 is 20.2 Å². The molecule has 142 valence electrons. The van der Waals surface area contributed by atoms with Crippen LogP contribution in [0.2, 0.25) is 0 Å². The maximum Gasteiger partial charge on any atom is 0.271 e. The van der Waals surface area contributed by atoms with E-state index in [1.165, 1.54) is 0 Å². The van der Waals surface area contributed by atoms with Crippen molar-refractivity contribution in [2.75, 3.05) is 13.2 Å². The minimum atomic E-state index is -3.65. The van der Waals surface area contributed by atoms with Gasteiger partial charge in [-0.3, -0.25) is 8.37 Å². The third-order valence-electron chi connectivity index (χ3n) is 3.44. The van der Waals surface area contributed by atoms with E-state index in [1.807, 2.05) is 12.1 Å². The molecule has 6 nitrogen and oxygen atoms in total. The summed E-state index contributed by atoms with van der Waals surface area (Å²) in [5.41, 5.74) is 1.31. The topological polar surface area (TPSA) is 86.7 Å². The molecule has 0 aliphatic heterocycles. The summed E-state index contributed by atoms with van der Waals surface area (Å²) in [4.78, 5) is 0. The van der Waals surface area contributed by atoms with E-state index in [9.17, 15) is 16.8 Å². The first kappa shape index (κ1) is 20.6. The van der Waals surface area contributed by atoms with Crippen LogP contribution in [0.25, 0.3) is 0 Å². The SMILES string of the molecule is O=S(=O)(Cc1ccccc1)OCCCCOS(=O)(=O)Cc1ccccc1. The molecule has 0 saturated carbocycles. The highest BCUT2D eigenvalue weighted by Gasteiger charge is 2.14. The van der Waals surface area contributed by atoms with Gasteiger partial charge in [0.1, 0.15) is 11.5 Å². The lowest BCUT2D eigenvalue weighted by atomic mass is 10.2. The molecule has 0 aromatic heterocycles. The van der Waals surface area contributed by atoms with Crippen molar-refractivity contribution in [2.45, 2.75) is 24.3 Å². The fraction of sp³-hybridized carbons (Fsp3) is 0.333. The van der Waals surface area contributed by atoms with Crippen LogP contribution in [0.4, 0.5) is 0 Å². The Morgan fingerprint density at radius 1 is 0.577 bits per heavy atom. The maximum atomic E-state index is 11.8. The third kappa shape index (κ3) is 8.09. The molecule has 0 heterocycles. The van der Waals surface area contributed by atoms with Gasteiger partial charge in [-0.05, 0) is 24.0 Å². The molecular formula is C18H22O6S2. The quantitative estimate of drug-likeness (QED) is 0.427. The molecular weight excluding hydrogens is 376 g/mol. The third-order valence-corrected chi connectivity index (χ3v) is 5.86. The van der Waals surface area contributed by atoms with Gasteiger partial charge in [0, 0.05) is 0 Å². The van der Waals surface area contributed by atoms with Crippen LogP contribution in [0.1, 0.15) is 24.0 Å². The van der Waals surface area contributed by atoms with E-state index in [0.29, 0.717) is 24.0 Å². The Morgan fingerprint density at radius 2 is 0.923 bits per heavy atom. The lowest BCUT2D eigenvalue weighted by Gasteiger charge is -2.07. The molecule has 0 radical (unpaired) electrons. The second-order valence-corrected chi connectivity index (χ2v) is 9.01. The molecule has 0 aliphatic rings. The first-order valence-electron chi connectivity index (χ1n) is 8.18. The van der Waals surface area contributed by atoms with Crippen molar-refractivity contribution in [3.63, 3.8) is 0 Å². The Labute approximate surface area is 155 Å². The van der Waals surface area contributed by atoms with Gasteiger partial charge in [-0.25, -0.2) is 0 Å². The molecule has 0 N–H and O–H groups in total. The first-order valence-corrected chi connectivity index (χ1v) is 11.3. The number of unbranched alkanes of at least 4 members (excludes halogenated alkanes) is 1. The van der Waals surface area contributed by atoms with Crippen molar-refractivity contribution in [1.82, 2.24) is 0 Å². The van der Waals surface area contributed by atoms with E-state index >= 15 is 0 Å². The van der Waals surface area contributed by atoms with E-state index in [2.05, 4.69) is 0 Å². The van der Waals surface area contributed by atoms with Crippen LogP contribution >= 0.6 is 0 Å². The maximum absolute atomic E-state index is 11.8. The Balaban J connectivity index is 1.64. The van der Waals surface area contributed by atoms with Crippen molar-refractivity contribution in [3.05, 3.63) is 71.8 Å². The summed E-state index contributed by atoms with van der Waals surface area (Å²) >= 11 is 0. The smallest absolute Gasteiger partial charge is 0.270 e. The zero-order valence-electron chi connectivity index (χ0n) is 14.3. The molecule has 0 unspecified atom stereocenters. The van der Waals surface area contributed by atoms with Crippen LogP contribution in [0.5, 0.6) is 0 Å². The largest absolute Gasteiger partial charge is 0.271 e. The number of benzene rings is 2. The van der Waals surface area contributed by atoms with Crippen LogP contribution in [0, 0.1) is 0 Å². The lowest BCUT2D eigenvalue weighted by molar-refractivity contribution is 0.270. The molecule has 0 atom stereocenters. The van der Waals surface area contributed by atoms with Crippen molar-refractivity contribution in [1.29, 1.82) is 0 Å². The molecule has 8 heteroatoms. The van der Waals surface area contributed by atoms with Gasteiger partial charge >= 0.3 is 0 Å². The van der Waals surface area contributed by atoms with E-state index in [1.54, 1.807) is 48.5 Å². The van der Waals surface area contributed by atoms with E-state index in [-0.39, 0.29) is 24.7 Å². The van der Waals surface area contributed by atoms with Gasteiger partial charge in [-0.2, -0.15) is 16.8 Å². The van der Waals surface area contributed by atoms with Gasteiger partial charge < -0.3 is 0 Å². The second kappa shape index (κ2) is 9.82. The van der Waals surface area contributed by atoms with Crippen LogP contribution in [-0.2, 0) is 40.1 Å². The Hall–Kier alpha value is -1.74. The fourth-order valence-corrected chi connectivity index (χ4v) is 4.33. The minimum Gasteiger partial charge on any atom is -0.270 e. The van der Waals surface area contributed by atoms with Gasteiger partial charge in [0.2, 0.25) is 0 Å². The molecule has 2 aromatic rings. The van der Waals surface area contributed by atoms with Crippen molar-refractivity contribution >= 4 is 20.2 Å². The highest BCUT2D eigenvalue weighted by Crippen LogP contribution is 2.10. The molecule has 0 fully saturated rings. The number of hydrogen-bond donors (Lipinski definition) is 0. The van der Waals surface area contributed by atoms with Gasteiger partial charge in [-0.1, -0.05) is 60.7 Å². The average molecular weight is 399 g/mol. The highest BCUT2D eigenvalue weighted by atomic mass is 32.2. The molecule has 2 aromatic carbocycles. The Bertz CT molecular complexity index is 787. The molecule has 0 bridgehead atoms. The Kier molecular flexibility index (Phi) is 7.77. The summed E-state index contributed by atoms with van der Waals surface area (Å²) in [5, 5.41) is 0. The van der Waals surface area contributed by atoms with Crippen molar-refractivity contribution in [3.8, 4) is 0 Å². The summed E-state index contributed by atoms with van der Waals surface area (Å²) in [6, 6.07) is 17.5. The summed E-state index contributed by atoms with van der Waals surface area (Å²) in [6.07, 6.45) is 0.768. The van der Waals surface area contributed by atoms with Crippen molar-refractivity contribution < 1.29 is 25.2 Å². The summed E-state index contributed by atoms with van der Waals surface area (Å²) in [5.74, 6) is -0.369. The minimum absolute atomic E-state index is 0.00272. The second-order valence-electron chi connectivity index (χ2n) is 5.73. The number of hydrogen-bond acceptors (Lipinski definition) is 6. The van der Waals surface area contributed by atoms with Gasteiger partial charge in [0.25, 0.3) is 20.2 Å². The normalized spacial score (nSPS) is 12.2. The zero-order valence-corrected chi connectivity index (χ0v) is 15.9. The van der Waals surface area contributed by atoms with Crippen LogP contribution in [0.15, 0.2) is 60.7 Å². The Morgan fingerprint density at radius 3 is 1.27 bits per heavy atom. The molecule has 0 spiro atoms. The first-order chi connectivity index (χ1) is 12.4. The predicted molar refractivity (Wildman–Crippen MR) is 99.3 cm³/mol. The van der Waals surface area contributed by atoms with Crippen LogP contribution < -0.4 is 0 Å². The molecule has 0 aliphatic carbocycles. The zero-order chi connectivity index (χ0) is 18.9.